The minimum Gasteiger partial charge on any atom is -0.351 e. The van der Waals surface area contributed by atoms with Crippen molar-refractivity contribution in [2.75, 3.05) is 4.90 Å². The highest BCUT2D eigenvalue weighted by atomic mass is 19.1. The Kier molecular flexibility index (Phi) is 1.73. The number of fused-ring (bicyclic) bond motifs is 1. The predicted octanol–water partition coefficient (Wildman–Crippen LogP) is 0.793. The number of amides is 3. The first-order valence-electron chi connectivity index (χ1n) is 4.00. The number of nitrogens with two attached hydrogens (primary N) is 1. The van der Waals surface area contributed by atoms with Crippen molar-refractivity contribution < 1.29 is 14.0 Å². The molecule has 3 amide bonds. The average molecular weight is 194 g/mol. The summed E-state index contributed by atoms with van der Waals surface area (Å²) in [6.45, 7) is 0. The van der Waals surface area contributed by atoms with Crippen LogP contribution in [0.3, 0.4) is 0 Å². The Bertz CT molecular complexity index is 431. The van der Waals surface area contributed by atoms with Gasteiger partial charge in [0, 0.05) is 0 Å². The lowest BCUT2D eigenvalue weighted by Gasteiger charge is -2.11. The van der Waals surface area contributed by atoms with Crippen LogP contribution in [0.4, 0.5) is 14.9 Å². The third-order valence-corrected chi connectivity index (χ3v) is 2.09. The fraction of sp³-hybridized carbons (Fsp3) is 0.111. The van der Waals surface area contributed by atoms with Crippen LogP contribution in [0.1, 0.15) is 5.56 Å². The molecular formula is C9H7FN2O2. The Labute approximate surface area is 79.1 Å². The molecule has 0 radical (unpaired) electrons. The van der Waals surface area contributed by atoms with Crippen LogP contribution < -0.4 is 10.6 Å². The Morgan fingerprint density at radius 1 is 1.50 bits per heavy atom. The third-order valence-electron chi connectivity index (χ3n) is 2.09. The van der Waals surface area contributed by atoms with E-state index in [0.29, 0.717) is 11.3 Å². The average Bonchev–Trinajstić information content (AvgIpc) is 2.39. The van der Waals surface area contributed by atoms with Gasteiger partial charge in [0.1, 0.15) is 5.82 Å². The fourth-order valence-corrected chi connectivity index (χ4v) is 1.53. The lowest BCUT2D eigenvalue weighted by Crippen LogP contribution is -2.38. The van der Waals surface area contributed by atoms with Crippen molar-refractivity contribution in [3.05, 3.63) is 29.6 Å². The second-order valence-corrected chi connectivity index (χ2v) is 3.02. The van der Waals surface area contributed by atoms with E-state index in [-0.39, 0.29) is 6.42 Å². The molecule has 1 aliphatic rings. The lowest BCUT2D eigenvalue weighted by atomic mass is 10.1. The van der Waals surface area contributed by atoms with Crippen LogP contribution in [-0.4, -0.2) is 11.9 Å². The molecule has 72 valence electrons. The molecule has 0 fully saturated rings. The number of carbonyl (C=O) groups is 2. The number of carbonyl (C=O) groups excluding carboxylic acids is 2. The summed E-state index contributed by atoms with van der Waals surface area (Å²) in [5.74, 6) is -0.846. The van der Waals surface area contributed by atoms with E-state index >= 15 is 0 Å². The van der Waals surface area contributed by atoms with E-state index < -0.39 is 17.8 Å². The molecule has 2 N–H and O–H groups in total. The van der Waals surface area contributed by atoms with Gasteiger partial charge in [0.05, 0.1) is 12.1 Å². The molecule has 0 aliphatic carbocycles. The molecule has 1 aliphatic heterocycles. The molecule has 5 heteroatoms. The van der Waals surface area contributed by atoms with E-state index in [0.717, 1.165) is 4.90 Å². The van der Waals surface area contributed by atoms with Gasteiger partial charge in [-0.25, -0.2) is 14.1 Å². The maximum absolute atomic E-state index is 12.8. The van der Waals surface area contributed by atoms with Crippen molar-refractivity contribution in [3.63, 3.8) is 0 Å². The number of anilines is 1. The minimum absolute atomic E-state index is 0.0238. The van der Waals surface area contributed by atoms with Gasteiger partial charge < -0.3 is 5.73 Å². The zero-order chi connectivity index (χ0) is 10.3. The van der Waals surface area contributed by atoms with Crippen molar-refractivity contribution in [3.8, 4) is 0 Å². The Balaban J connectivity index is 2.53. The van der Waals surface area contributed by atoms with Gasteiger partial charge in [0.2, 0.25) is 5.91 Å². The Hall–Kier alpha value is -1.91. The maximum atomic E-state index is 12.8. The van der Waals surface area contributed by atoms with Crippen LogP contribution in [-0.2, 0) is 11.2 Å². The number of hydrogen-bond acceptors (Lipinski definition) is 2. The molecular weight excluding hydrogens is 187 g/mol. The number of benzene rings is 1. The molecule has 1 aromatic carbocycles. The van der Waals surface area contributed by atoms with Gasteiger partial charge in [-0.1, -0.05) is 0 Å². The van der Waals surface area contributed by atoms with Gasteiger partial charge in [0.15, 0.2) is 0 Å². The lowest BCUT2D eigenvalue weighted by molar-refractivity contribution is -0.116. The smallest absolute Gasteiger partial charge is 0.326 e. The van der Waals surface area contributed by atoms with Crippen LogP contribution in [0, 0.1) is 5.82 Å². The number of hydrogen-bond donors (Lipinski definition) is 1. The Morgan fingerprint density at radius 2 is 2.21 bits per heavy atom. The first-order valence-corrected chi connectivity index (χ1v) is 4.00. The molecule has 0 saturated heterocycles. The summed E-state index contributed by atoms with van der Waals surface area (Å²) in [6.07, 6.45) is 0.0238. The molecule has 4 nitrogen and oxygen atoms in total. The highest BCUT2D eigenvalue weighted by Crippen LogP contribution is 2.28. The van der Waals surface area contributed by atoms with Gasteiger partial charge in [-0.15, -0.1) is 0 Å². The van der Waals surface area contributed by atoms with Crippen molar-refractivity contribution >= 4 is 17.6 Å². The summed E-state index contributed by atoms with van der Waals surface area (Å²) in [5, 5.41) is 0. The fourth-order valence-electron chi connectivity index (χ4n) is 1.53. The van der Waals surface area contributed by atoms with Gasteiger partial charge in [-0.05, 0) is 23.8 Å². The van der Waals surface area contributed by atoms with Crippen molar-refractivity contribution in [2.24, 2.45) is 5.73 Å². The largest absolute Gasteiger partial charge is 0.351 e. The zero-order valence-electron chi connectivity index (χ0n) is 7.16. The van der Waals surface area contributed by atoms with E-state index in [1.165, 1.54) is 18.2 Å². The summed E-state index contributed by atoms with van der Waals surface area (Å²) in [6, 6.07) is 2.96. The number of halogens is 1. The second kappa shape index (κ2) is 2.80. The number of urea groups is 1. The monoisotopic (exact) mass is 194 g/mol. The summed E-state index contributed by atoms with van der Waals surface area (Å²) in [7, 11) is 0. The van der Waals surface area contributed by atoms with Crippen LogP contribution >= 0.6 is 0 Å². The minimum atomic E-state index is -0.833. The normalized spacial score (nSPS) is 14.4. The summed E-state index contributed by atoms with van der Waals surface area (Å²) < 4.78 is 12.8. The van der Waals surface area contributed by atoms with Crippen molar-refractivity contribution in [2.45, 2.75) is 6.42 Å². The number of rotatable bonds is 0. The predicted molar refractivity (Wildman–Crippen MR) is 47.2 cm³/mol. The van der Waals surface area contributed by atoms with Crippen molar-refractivity contribution in [1.82, 2.24) is 0 Å². The van der Waals surface area contributed by atoms with E-state index in [1.54, 1.807) is 0 Å². The molecule has 0 unspecified atom stereocenters. The van der Waals surface area contributed by atoms with Crippen LogP contribution in [0.25, 0.3) is 0 Å². The number of imide groups is 1. The van der Waals surface area contributed by atoms with Crippen molar-refractivity contribution in [1.29, 1.82) is 0 Å². The summed E-state index contributed by atoms with van der Waals surface area (Å²) >= 11 is 0. The van der Waals surface area contributed by atoms with Gasteiger partial charge in [-0.2, -0.15) is 0 Å². The van der Waals surface area contributed by atoms with E-state index in [4.69, 9.17) is 5.73 Å². The highest BCUT2D eigenvalue weighted by molar-refractivity contribution is 6.18. The molecule has 1 heterocycles. The molecule has 0 saturated carbocycles. The molecule has 0 bridgehead atoms. The van der Waals surface area contributed by atoms with E-state index in [1.807, 2.05) is 0 Å². The van der Waals surface area contributed by atoms with Gasteiger partial charge in [-0.3, -0.25) is 4.79 Å². The first-order chi connectivity index (χ1) is 6.59. The topological polar surface area (TPSA) is 63.4 Å². The molecule has 0 spiro atoms. The van der Waals surface area contributed by atoms with E-state index in [9.17, 15) is 14.0 Å². The summed E-state index contributed by atoms with van der Waals surface area (Å²) in [5.41, 5.74) is 5.89. The number of primary amides is 1. The quantitative estimate of drug-likeness (QED) is 0.663. The number of nitrogens with zero attached hydrogens (tertiary/aromatic N) is 1. The highest BCUT2D eigenvalue weighted by Gasteiger charge is 2.30. The third kappa shape index (κ3) is 1.14. The summed E-state index contributed by atoms with van der Waals surface area (Å²) in [4.78, 5) is 23.0. The SMILES string of the molecule is NC(=O)N1C(=O)Cc2cc(F)ccc21. The Morgan fingerprint density at radius 3 is 2.86 bits per heavy atom. The van der Waals surface area contributed by atoms with Crippen LogP contribution in [0.2, 0.25) is 0 Å². The van der Waals surface area contributed by atoms with Crippen LogP contribution in [0.15, 0.2) is 18.2 Å². The molecule has 0 atom stereocenters. The molecule has 0 aromatic heterocycles. The molecule has 14 heavy (non-hydrogen) atoms. The first kappa shape index (κ1) is 8.68. The van der Waals surface area contributed by atoms with Gasteiger partial charge in [0.25, 0.3) is 0 Å². The maximum Gasteiger partial charge on any atom is 0.326 e. The standard InChI is InChI=1S/C9H7FN2O2/c10-6-1-2-7-5(3-6)4-8(13)12(7)9(11)14/h1-3H,4H2,(H2,11,14). The molecule has 1 aromatic rings. The van der Waals surface area contributed by atoms with E-state index in [2.05, 4.69) is 0 Å². The van der Waals surface area contributed by atoms with Crippen LogP contribution in [0.5, 0.6) is 0 Å². The van der Waals surface area contributed by atoms with Gasteiger partial charge >= 0.3 is 6.03 Å². The zero-order valence-corrected chi connectivity index (χ0v) is 7.16. The second-order valence-electron chi connectivity index (χ2n) is 3.02. The molecule has 2 rings (SSSR count).